The number of nitrogens with one attached hydrogen (secondary N) is 1. The van der Waals surface area contributed by atoms with Crippen molar-refractivity contribution in [2.75, 3.05) is 0 Å². The zero-order chi connectivity index (χ0) is 18.3. The SMILES string of the molecule is Cc1cc(C)n2c(C(=O)N[C@@H](c3ccccn3)C3CC(O)C3)nnc2n1. The number of hydrogen-bond acceptors (Lipinski definition) is 6. The fraction of sp³-hybridized carbons (Fsp3) is 0.389. The van der Waals surface area contributed by atoms with Gasteiger partial charge in [0.05, 0.1) is 17.8 Å². The third kappa shape index (κ3) is 2.92. The molecule has 1 aliphatic rings. The van der Waals surface area contributed by atoms with Crippen LogP contribution in [0, 0.1) is 19.8 Å². The smallest absolute Gasteiger partial charge is 0.290 e. The van der Waals surface area contributed by atoms with Crippen molar-refractivity contribution in [3.05, 3.63) is 53.4 Å². The zero-order valence-electron chi connectivity index (χ0n) is 14.6. The summed E-state index contributed by atoms with van der Waals surface area (Å²) in [7, 11) is 0. The van der Waals surface area contributed by atoms with Crippen molar-refractivity contribution in [2.45, 2.75) is 38.8 Å². The van der Waals surface area contributed by atoms with Crippen LogP contribution < -0.4 is 5.32 Å². The number of nitrogens with zero attached hydrogens (tertiary/aromatic N) is 5. The first-order valence-electron chi connectivity index (χ1n) is 8.62. The Hall–Kier alpha value is -2.87. The Balaban J connectivity index is 1.65. The summed E-state index contributed by atoms with van der Waals surface area (Å²) in [5, 5.41) is 20.7. The Morgan fingerprint density at radius 3 is 2.81 bits per heavy atom. The molecule has 2 N–H and O–H groups in total. The van der Waals surface area contributed by atoms with Crippen LogP contribution in [0.1, 0.15) is 46.6 Å². The monoisotopic (exact) mass is 352 g/mol. The molecule has 0 unspecified atom stereocenters. The first-order chi connectivity index (χ1) is 12.5. The van der Waals surface area contributed by atoms with E-state index in [4.69, 9.17) is 0 Å². The lowest BCUT2D eigenvalue weighted by atomic mass is 9.76. The Labute approximate surface area is 150 Å². The van der Waals surface area contributed by atoms with E-state index in [1.807, 2.05) is 38.1 Å². The molecule has 8 heteroatoms. The lowest BCUT2D eigenvalue weighted by molar-refractivity contribution is 0.0227. The van der Waals surface area contributed by atoms with E-state index in [9.17, 15) is 9.90 Å². The lowest BCUT2D eigenvalue weighted by Crippen LogP contribution is -2.42. The van der Waals surface area contributed by atoms with Gasteiger partial charge in [-0.2, -0.15) is 0 Å². The molecule has 1 fully saturated rings. The molecule has 0 aliphatic heterocycles. The van der Waals surface area contributed by atoms with Gasteiger partial charge in [0.2, 0.25) is 5.82 Å². The number of hydrogen-bond donors (Lipinski definition) is 2. The molecule has 0 spiro atoms. The molecular weight excluding hydrogens is 332 g/mol. The van der Waals surface area contributed by atoms with Crippen LogP contribution in [-0.2, 0) is 0 Å². The highest BCUT2D eigenvalue weighted by atomic mass is 16.3. The second-order valence-corrected chi connectivity index (χ2v) is 6.79. The van der Waals surface area contributed by atoms with E-state index in [1.165, 1.54) is 0 Å². The molecule has 0 bridgehead atoms. The van der Waals surface area contributed by atoms with E-state index in [0.29, 0.717) is 18.6 Å². The van der Waals surface area contributed by atoms with Crippen LogP contribution in [0.15, 0.2) is 30.5 Å². The van der Waals surface area contributed by atoms with Crippen LogP contribution in [0.4, 0.5) is 0 Å². The number of rotatable bonds is 4. The maximum absolute atomic E-state index is 12.9. The number of aryl methyl sites for hydroxylation is 2. The zero-order valence-corrected chi connectivity index (χ0v) is 14.6. The third-order valence-electron chi connectivity index (χ3n) is 4.81. The number of carbonyl (C=O) groups excluding carboxylic acids is 1. The van der Waals surface area contributed by atoms with Gasteiger partial charge in [0, 0.05) is 17.6 Å². The second kappa shape index (κ2) is 6.45. The summed E-state index contributed by atoms with van der Waals surface area (Å²) in [5.74, 6) is 0.416. The molecule has 0 saturated heterocycles. The highest BCUT2D eigenvalue weighted by molar-refractivity contribution is 5.91. The molecule has 1 amide bonds. The van der Waals surface area contributed by atoms with Crippen LogP contribution in [0.25, 0.3) is 5.78 Å². The Morgan fingerprint density at radius 1 is 1.31 bits per heavy atom. The van der Waals surface area contributed by atoms with Crippen LogP contribution >= 0.6 is 0 Å². The number of carbonyl (C=O) groups is 1. The number of aliphatic hydroxyl groups excluding tert-OH is 1. The van der Waals surface area contributed by atoms with Gasteiger partial charge in [0.1, 0.15) is 0 Å². The molecule has 1 atom stereocenters. The highest BCUT2D eigenvalue weighted by Crippen LogP contribution is 2.37. The molecule has 3 aromatic rings. The fourth-order valence-electron chi connectivity index (χ4n) is 3.48. The van der Waals surface area contributed by atoms with Crippen molar-refractivity contribution in [1.82, 2.24) is 29.9 Å². The standard InChI is InChI=1S/C18H20N6O2/c1-10-7-11(2)24-16(22-23-18(24)20-10)17(26)21-15(12-8-13(25)9-12)14-5-3-4-6-19-14/h3-7,12-13,15,25H,8-9H2,1-2H3,(H,21,26)/t12?,13?,15-/m1/s1. The van der Waals surface area contributed by atoms with E-state index in [-0.39, 0.29) is 29.8 Å². The van der Waals surface area contributed by atoms with E-state index < -0.39 is 0 Å². The first kappa shape index (κ1) is 16.6. The molecule has 1 aliphatic carbocycles. The molecule has 8 nitrogen and oxygen atoms in total. The summed E-state index contributed by atoms with van der Waals surface area (Å²) in [4.78, 5) is 21.6. The summed E-state index contributed by atoms with van der Waals surface area (Å²) in [6.07, 6.45) is 2.67. The van der Waals surface area contributed by atoms with Crippen LogP contribution in [-0.4, -0.2) is 41.7 Å². The van der Waals surface area contributed by atoms with E-state index in [1.54, 1.807) is 10.6 Å². The molecule has 4 rings (SSSR count). The van der Waals surface area contributed by atoms with Gasteiger partial charge in [-0.25, -0.2) is 4.98 Å². The first-order valence-corrected chi connectivity index (χ1v) is 8.62. The van der Waals surface area contributed by atoms with Gasteiger partial charge in [-0.15, -0.1) is 10.2 Å². The second-order valence-electron chi connectivity index (χ2n) is 6.79. The molecule has 134 valence electrons. The maximum atomic E-state index is 12.9. The highest BCUT2D eigenvalue weighted by Gasteiger charge is 2.37. The van der Waals surface area contributed by atoms with E-state index in [0.717, 1.165) is 17.1 Å². The Bertz CT molecular complexity index is 949. The van der Waals surface area contributed by atoms with Crippen molar-refractivity contribution in [1.29, 1.82) is 0 Å². The van der Waals surface area contributed by atoms with Crippen molar-refractivity contribution >= 4 is 11.7 Å². The summed E-state index contributed by atoms with van der Waals surface area (Å²) in [5.41, 5.74) is 2.44. The molecule has 26 heavy (non-hydrogen) atoms. The average molecular weight is 352 g/mol. The number of aromatic nitrogens is 5. The normalized spacial score (nSPS) is 20.6. The minimum absolute atomic E-state index is 0.143. The van der Waals surface area contributed by atoms with Gasteiger partial charge >= 0.3 is 0 Å². The van der Waals surface area contributed by atoms with Crippen molar-refractivity contribution < 1.29 is 9.90 Å². The van der Waals surface area contributed by atoms with Gasteiger partial charge in [-0.05, 0) is 50.8 Å². The van der Waals surface area contributed by atoms with Crippen molar-refractivity contribution in [3.63, 3.8) is 0 Å². The summed E-state index contributed by atoms with van der Waals surface area (Å²) < 4.78 is 1.65. The van der Waals surface area contributed by atoms with Gasteiger partial charge in [-0.3, -0.25) is 14.2 Å². The molecule has 3 aromatic heterocycles. The number of aliphatic hydroxyl groups is 1. The van der Waals surface area contributed by atoms with Gasteiger partial charge in [0.25, 0.3) is 11.7 Å². The molecule has 0 aromatic carbocycles. The van der Waals surface area contributed by atoms with Crippen LogP contribution in [0.5, 0.6) is 0 Å². The van der Waals surface area contributed by atoms with Gasteiger partial charge < -0.3 is 10.4 Å². The van der Waals surface area contributed by atoms with Crippen LogP contribution in [0.2, 0.25) is 0 Å². The number of fused-ring (bicyclic) bond motifs is 1. The summed E-state index contributed by atoms with van der Waals surface area (Å²) >= 11 is 0. The van der Waals surface area contributed by atoms with Crippen molar-refractivity contribution in [3.8, 4) is 0 Å². The lowest BCUT2D eigenvalue weighted by Gasteiger charge is -2.37. The minimum atomic E-state index is -0.330. The minimum Gasteiger partial charge on any atom is -0.393 e. The van der Waals surface area contributed by atoms with Crippen molar-refractivity contribution in [2.24, 2.45) is 5.92 Å². The number of pyridine rings is 1. The average Bonchev–Trinajstić information content (AvgIpc) is 3.02. The summed E-state index contributed by atoms with van der Waals surface area (Å²) in [6, 6.07) is 7.21. The summed E-state index contributed by atoms with van der Waals surface area (Å²) in [6.45, 7) is 3.76. The number of amides is 1. The predicted molar refractivity (Wildman–Crippen MR) is 93.4 cm³/mol. The topological polar surface area (TPSA) is 105 Å². The Kier molecular flexibility index (Phi) is 4.12. The van der Waals surface area contributed by atoms with Crippen LogP contribution in [0.3, 0.4) is 0 Å². The molecule has 1 saturated carbocycles. The largest absolute Gasteiger partial charge is 0.393 e. The maximum Gasteiger partial charge on any atom is 0.290 e. The predicted octanol–water partition coefficient (Wildman–Crippen LogP) is 1.38. The van der Waals surface area contributed by atoms with E-state index >= 15 is 0 Å². The van der Waals surface area contributed by atoms with Gasteiger partial charge in [-0.1, -0.05) is 6.07 Å². The van der Waals surface area contributed by atoms with E-state index in [2.05, 4.69) is 25.5 Å². The third-order valence-corrected chi connectivity index (χ3v) is 4.81. The molecule has 3 heterocycles. The quantitative estimate of drug-likeness (QED) is 0.735. The Morgan fingerprint density at radius 2 is 2.12 bits per heavy atom. The molecule has 0 radical (unpaired) electrons. The van der Waals surface area contributed by atoms with Gasteiger partial charge in [0.15, 0.2) is 0 Å². The fourth-order valence-corrected chi connectivity index (χ4v) is 3.48. The molecular formula is C18H20N6O2.